The summed E-state index contributed by atoms with van der Waals surface area (Å²) < 4.78 is 0. The van der Waals surface area contributed by atoms with Gasteiger partial charge in [-0.25, -0.2) is 0 Å². The number of nitrogens with zero attached hydrogens (tertiary/aromatic N) is 1. The molecule has 5 heteroatoms. The summed E-state index contributed by atoms with van der Waals surface area (Å²) in [7, 11) is 0. The third-order valence-corrected chi connectivity index (χ3v) is 4.47. The molecule has 2 amide bonds. The summed E-state index contributed by atoms with van der Waals surface area (Å²) in [6.07, 6.45) is 0.217. The molecule has 0 saturated heterocycles. The first-order valence-corrected chi connectivity index (χ1v) is 9.03. The van der Waals surface area contributed by atoms with Crippen LogP contribution in [0.15, 0.2) is 36.4 Å². The van der Waals surface area contributed by atoms with Gasteiger partial charge < -0.3 is 10.2 Å². The summed E-state index contributed by atoms with van der Waals surface area (Å²) in [6, 6.07) is 11.8. The molecular weight excluding hydrogens is 348 g/mol. The molecule has 2 aromatic rings. The van der Waals surface area contributed by atoms with Crippen LogP contribution >= 0.6 is 11.6 Å². The Labute approximate surface area is 160 Å². The largest absolute Gasteiger partial charge is 0.352 e. The number of anilines is 1. The summed E-state index contributed by atoms with van der Waals surface area (Å²) in [5.41, 5.74) is 4.85. The van der Waals surface area contributed by atoms with Crippen molar-refractivity contribution in [3.05, 3.63) is 63.7 Å². The summed E-state index contributed by atoms with van der Waals surface area (Å²) in [5, 5.41) is 3.43. The maximum absolute atomic E-state index is 12.2. The lowest BCUT2D eigenvalue weighted by atomic mass is 10.1. The molecule has 1 N–H and O–H groups in total. The van der Waals surface area contributed by atoms with Crippen LogP contribution in [-0.2, 0) is 16.1 Å². The fourth-order valence-corrected chi connectivity index (χ4v) is 3.42. The van der Waals surface area contributed by atoms with Crippen LogP contribution in [0.25, 0.3) is 0 Å². The van der Waals surface area contributed by atoms with Gasteiger partial charge in [-0.05, 0) is 43.5 Å². The highest BCUT2D eigenvalue weighted by Gasteiger charge is 2.18. The average molecular weight is 373 g/mol. The van der Waals surface area contributed by atoms with E-state index in [9.17, 15) is 9.59 Å². The second-order valence-corrected chi connectivity index (χ2v) is 7.01. The van der Waals surface area contributed by atoms with Crippen LogP contribution in [0.1, 0.15) is 35.6 Å². The van der Waals surface area contributed by atoms with Crippen LogP contribution in [0.4, 0.5) is 5.69 Å². The Balaban J connectivity index is 2.00. The zero-order valence-electron chi connectivity index (χ0n) is 15.7. The van der Waals surface area contributed by atoms with Crippen LogP contribution in [0, 0.1) is 20.8 Å². The van der Waals surface area contributed by atoms with E-state index < -0.39 is 0 Å². The number of carbonyl (C=O) groups is 2. The van der Waals surface area contributed by atoms with Crippen molar-refractivity contribution in [2.24, 2.45) is 0 Å². The zero-order chi connectivity index (χ0) is 19.3. The third-order valence-electron chi connectivity index (χ3n) is 4.18. The van der Waals surface area contributed by atoms with Crippen molar-refractivity contribution in [1.29, 1.82) is 0 Å². The SMILES string of the molecule is CC(=O)N(CCC(=O)NCc1cccc(C)c1)c1c(C)cc(C)cc1Cl. The highest BCUT2D eigenvalue weighted by atomic mass is 35.5. The molecule has 0 saturated carbocycles. The Morgan fingerprint density at radius 2 is 1.81 bits per heavy atom. The molecule has 2 rings (SSSR count). The minimum atomic E-state index is -0.134. The van der Waals surface area contributed by atoms with Crippen LogP contribution in [0.5, 0.6) is 0 Å². The molecule has 0 bridgehead atoms. The monoisotopic (exact) mass is 372 g/mol. The first-order chi connectivity index (χ1) is 12.3. The minimum Gasteiger partial charge on any atom is -0.352 e. The Bertz CT molecular complexity index is 794. The van der Waals surface area contributed by atoms with Crippen molar-refractivity contribution >= 4 is 29.1 Å². The number of halogens is 1. The van der Waals surface area contributed by atoms with E-state index in [0.717, 1.165) is 22.3 Å². The second kappa shape index (κ2) is 8.86. The number of aryl methyl sites for hydroxylation is 3. The summed E-state index contributed by atoms with van der Waals surface area (Å²) in [4.78, 5) is 25.9. The minimum absolute atomic E-state index is 0.0985. The fourth-order valence-electron chi connectivity index (χ4n) is 3.00. The van der Waals surface area contributed by atoms with E-state index in [1.165, 1.54) is 6.92 Å². The zero-order valence-corrected chi connectivity index (χ0v) is 16.5. The molecule has 26 heavy (non-hydrogen) atoms. The van der Waals surface area contributed by atoms with E-state index in [1.54, 1.807) is 4.90 Å². The molecule has 2 aromatic carbocycles. The fraction of sp³-hybridized carbons (Fsp3) is 0.333. The first kappa shape index (κ1) is 20.0. The van der Waals surface area contributed by atoms with E-state index in [2.05, 4.69) is 5.32 Å². The van der Waals surface area contributed by atoms with Gasteiger partial charge in [0.05, 0.1) is 10.7 Å². The molecule has 0 heterocycles. The molecule has 0 spiro atoms. The lowest BCUT2D eigenvalue weighted by Gasteiger charge is -2.24. The average Bonchev–Trinajstić information content (AvgIpc) is 2.54. The highest BCUT2D eigenvalue weighted by Crippen LogP contribution is 2.31. The van der Waals surface area contributed by atoms with Crippen molar-refractivity contribution in [3.8, 4) is 0 Å². The van der Waals surface area contributed by atoms with Gasteiger partial charge in [-0.2, -0.15) is 0 Å². The number of amides is 2. The van der Waals surface area contributed by atoms with Crippen LogP contribution < -0.4 is 10.2 Å². The van der Waals surface area contributed by atoms with E-state index in [-0.39, 0.29) is 18.2 Å². The number of hydrogen-bond donors (Lipinski definition) is 1. The number of benzene rings is 2. The van der Waals surface area contributed by atoms with Gasteiger partial charge in [0.2, 0.25) is 11.8 Å². The van der Waals surface area contributed by atoms with E-state index in [4.69, 9.17) is 11.6 Å². The van der Waals surface area contributed by atoms with Gasteiger partial charge in [0.1, 0.15) is 0 Å². The second-order valence-electron chi connectivity index (χ2n) is 6.60. The van der Waals surface area contributed by atoms with E-state index in [1.807, 2.05) is 57.2 Å². The van der Waals surface area contributed by atoms with Gasteiger partial charge in [-0.3, -0.25) is 9.59 Å². The maximum Gasteiger partial charge on any atom is 0.223 e. The summed E-state index contributed by atoms with van der Waals surface area (Å²) in [5.74, 6) is -0.232. The molecule has 4 nitrogen and oxygen atoms in total. The molecule has 0 aliphatic carbocycles. The lowest BCUT2D eigenvalue weighted by molar-refractivity contribution is -0.121. The predicted molar refractivity (Wildman–Crippen MR) is 107 cm³/mol. The molecule has 0 unspecified atom stereocenters. The molecule has 0 radical (unpaired) electrons. The highest BCUT2D eigenvalue weighted by molar-refractivity contribution is 6.34. The summed E-state index contributed by atoms with van der Waals surface area (Å²) >= 11 is 6.35. The Morgan fingerprint density at radius 3 is 2.42 bits per heavy atom. The maximum atomic E-state index is 12.2. The van der Waals surface area contributed by atoms with Crippen LogP contribution in [0.3, 0.4) is 0 Å². The van der Waals surface area contributed by atoms with Gasteiger partial charge >= 0.3 is 0 Å². The molecule has 0 atom stereocenters. The van der Waals surface area contributed by atoms with Gasteiger partial charge in [0, 0.05) is 26.4 Å². The van der Waals surface area contributed by atoms with Crippen LogP contribution in [0.2, 0.25) is 5.02 Å². The number of carbonyl (C=O) groups excluding carboxylic acids is 2. The molecule has 0 aromatic heterocycles. The number of hydrogen-bond acceptors (Lipinski definition) is 2. The Hall–Kier alpha value is -2.33. The molecule has 0 fully saturated rings. The smallest absolute Gasteiger partial charge is 0.223 e. The number of nitrogens with one attached hydrogen (secondary N) is 1. The molecule has 0 aliphatic rings. The Kier molecular flexibility index (Phi) is 6.81. The van der Waals surface area contributed by atoms with Gasteiger partial charge in [0.25, 0.3) is 0 Å². The molecule has 0 aliphatic heterocycles. The van der Waals surface area contributed by atoms with Crippen molar-refractivity contribution in [2.45, 2.75) is 40.7 Å². The third kappa shape index (κ3) is 5.33. The quantitative estimate of drug-likeness (QED) is 0.820. The molecular formula is C21H25ClN2O2. The van der Waals surface area contributed by atoms with Crippen LogP contribution in [-0.4, -0.2) is 18.4 Å². The number of rotatable bonds is 6. The standard InChI is InChI=1S/C21H25ClN2O2/c1-14-6-5-7-18(11-14)13-23-20(26)8-9-24(17(4)25)21-16(3)10-15(2)12-19(21)22/h5-7,10-12H,8-9,13H2,1-4H3,(H,23,26). The first-order valence-electron chi connectivity index (χ1n) is 8.65. The van der Waals surface area contributed by atoms with Crippen molar-refractivity contribution in [3.63, 3.8) is 0 Å². The topological polar surface area (TPSA) is 49.4 Å². The van der Waals surface area contributed by atoms with E-state index >= 15 is 0 Å². The summed E-state index contributed by atoms with van der Waals surface area (Å²) in [6.45, 7) is 8.15. The van der Waals surface area contributed by atoms with Gasteiger partial charge in [0.15, 0.2) is 0 Å². The van der Waals surface area contributed by atoms with Crippen molar-refractivity contribution < 1.29 is 9.59 Å². The van der Waals surface area contributed by atoms with Crippen molar-refractivity contribution in [1.82, 2.24) is 5.32 Å². The van der Waals surface area contributed by atoms with Gasteiger partial charge in [-0.15, -0.1) is 0 Å². The lowest BCUT2D eigenvalue weighted by Crippen LogP contribution is -2.34. The van der Waals surface area contributed by atoms with Crippen molar-refractivity contribution in [2.75, 3.05) is 11.4 Å². The Morgan fingerprint density at radius 1 is 1.08 bits per heavy atom. The normalized spacial score (nSPS) is 10.5. The molecule has 138 valence electrons. The predicted octanol–water partition coefficient (Wildman–Crippen LogP) is 4.32. The van der Waals surface area contributed by atoms with E-state index in [0.29, 0.717) is 23.8 Å². The van der Waals surface area contributed by atoms with Gasteiger partial charge in [-0.1, -0.05) is 47.5 Å².